The highest BCUT2D eigenvalue weighted by molar-refractivity contribution is 5.75. The average Bonchev–Trinajstić information content (AvgIpc) is 2.73. The second-order valence-corrected chi connectivity index (χ2v) is 4.80. The van der Waals surface area contributed by atoms with Crippen molar-refractivity contribution in [2.45, 2.75) is 32.4 Å². The Balaban J connectivity index is 1.91. The number of pyridine rings is 1. The van der Waals surface area contributed by atoms with Crippen LogP contribution in [0, 0.1) is 0 Å². The molecular formula is C13H19N5O2. The molecule has 0 spiro atoms. The first-order valence-corrected chi connectivity index (χ1v) is 6.64. The molecule has 2 rings (SSSR count). The van der Waals surface area contributed by atoms with Crippen LogP contribution in [-0.2, 0) is 11.3 Å². The summed E-state index contributed by atoms with van der Waals surface area (Å²) in [7, 11) is 0. The topological polar surface area (TPSA) is 94.4 Å². The second kappa shape index (κ2) is 6.33. The average molecular weight is 277 g/mol. The van der Waals surface area contributed by atoms with Crippen LogP contribution < -0.4 is 16.7 Å². The highest BCUT2D eigenvalue weighted by Crippen LogP contribution is 1.96. The van der Waals surface area contributed by atoms with Gasteiger partial charge in [-0.25, -0.2) is 9.48 Å². The van der Waals surface area contributed by atoms with Crippen LogP contribution in [0.2, 0.25) is 0 Å². The highest BCUT2D eigenvalue weighted by Gasteiger charge is 2.08. The van der Waals surface area contributed by atoms with E-state index < -0.39 is 0 Å². The summed E-state index contributed by atoms with van der Waals surface area (Å²) >= 11 is 0. The molecule has 0 fully saturated rings. The molecule has 2 aromatic heterocycles. The smallest absolute Gasteiger partial charge is 0.350 e. The minimum absolute atomic E-state index is 0.0661. The van der Waals surface area contributed by atoms with Gasteiger partial charge in [0.15, 0.2) is 5.65 Å². The standard InChI is InChI=1S/C13H19N5O2/c1-10(14)5-7-15-12(19)6-9-18-13(20)17-8-3-2-4-11(17)16-18/h2-4,8,10H,5-7,9,14H2,1H3,(H,15,19). The van der Waals surface area contributed by atoms with E-state index in [-0.39, 0.29) is 30.6 Å². The Morgan fingerprint density at radius 1 is 1.50 bits per heavy atom. The lowest BCUT2D eigenvalue weighted by Crippen LogP contribution is -2.30. The maximum Gasteiger partial charge on any atom is 0.350 e. The number of aromatic nitrogens is 3. The molecule has 0 aliphatic rings. The molecule has 7 heteroatoms. The molecule has 2 heterocycles. The minimum atomic E-state index is -0.232. The van der Waals surface area contributed by atoms with E-state index in [0.29, 0.717) is 12.2 Å². The van der Waals surface area contributed by atoms with Gasteiger partial charge in [-0.2, -0.15) is 0 Å². The van der Waals surface area contributed by atoms with Gasteiger partial charge in [0.05, 0.1) is 6.54 Å². The highest BCUT2D eigenvalue weighted by atomic mass is 16.2. The van der Waals surface area contributed by atoms with Gasteiger partial charge in [0.2, 0.25) is 5.91 Å². The fourth-order valence-corrected chi connectivity index (χ4v) is 1.85. The Hall–Kier alpha value is -2.15. The number of hydrogen-bond acceptors (Lipinski definition) is 4. The molecule has 0 aliphatic carbocycles. The first-order chi connectivity index (χ1) is 9.58. The largest absolute Gasteiger partial charge is 0.356 e. The summed E-state index contributed by atoms with van der Waals surface area (Å²) in [5.74, 6) is -0.102. The van der Waals surface area contributed by atoms with E-state index in [1.807, 2.05) is 13.0 Å². The summed E-state index contributed by atoms with van der Waals surface area (Å²) in [5.41, 5.74) is 5.94. The maximum atomic E-state index is 12.0. The number of hydrogen-bond donors (Lipinski definition) is 2. The summed E-state index contributed by atoms with van der Waals surface area (Å²) in [4.78, 5) is 23.6. The van der Waals surface area contributed by atoms with Gasteiger partial charge in [-0.05, 0) is 25.5 Å². The molecule has 1 amide bonds. The van der Waals surface area contributed by atoms with Crippen molar-refractivity contribution in [1.29, 1.82) is 0 Å². The predicted molar refractivity (Wildman–Crippen MR) is 75.3 cm³/mol. The van der Waals surface area contributed by atoms with Crippen LogP contribution in [0.25, 0.3) is 5.65 Å². The molecule has 2 aromatic rings. The molecule has 0 saturated heterocycles. The van der Waals surface area contributed by atoms with E-state index in [2.05, 4.69) is 10.4 Å². The molecule has 0 aliphatic heterocycles. The molecule has 0 bridgehead atoms. The van der Waals surface area contributed by atoms with Crippen LogP contribution in [0.1, 0.15) is 19.8 Å². The van der Waals surface area contributed by atoms with E-state index in [1.54, 1.807) is 18.3 Å². The van der Waals surface area contributed by atoms with Gasteiger partial charge in [0.1, 0.15) is 0 Å². The molecule has 108 valence electrons. The molecule has 0 saturated carbocycles. The van der Waals surface area contributed by atoms with Crippen molar-refractivity contribution >= 4 is 11.6 Å². The Labute approximate surface area is 116 Å². The molecule has 20 heavy (non-hydrogen) atoms. The summed E-state index contributed by atoms with van der Waals surface area (Å²) < 4.78 is 2.76. The Kier molecular flexibility index (Phi) is 4.52. The van der Waals surface area contributed by atoms with Crippen molar-refractivity contribution < 1.29 is 4.79 Å². The zero-order chi connectivity index (χ0) is 14.5. The van der Waals surface area contributed by atoms with E-state index >= 15 is 0 Å². The van der Waals surface area contributed by atoms with Crippen LogP contribution in [0.3, 0.4) is 0 Å². The van der Waals surface area contributed by atoms with E-state index in [0.717, 1.165) is 6.42 Å². The number of amides is 1. The second-order valence-electron chi connectivity index (χ2n) is 4.80. The van der Waals surface area contributed by atoms with E-state index in [9.17, 15) is 9.59 Å². The summed E-state index contributed by atoms with van der Waals surface area (Å²) in [6.07, 6.45) is 2.62. The van der Waals surface area contributed by atoms with Crippen LogP contribution in [0.4, 0.5) is 0 Å². The quantitative estimate of drug-likeness (QED) is 0.760. The zero-order valence-electron chi connectivity index (χ0n) is 11.5. The van der Waals surface area contributed by atoms with Crippen LogP contribution >= 0.6 is 0 Å². The molecule has 1 atom stereocenters. The summed E-state index contributed by atoms with van der Waals surface area (Å²) in [6.45, 7) is 2.71. The number of nitrogens with one attached hydrogen (secondary N) is 1. The molecule has 1 unspecified atom stereocenters. The molecule has 0 aromatic carbocycles. The van der Waals surface area contributed by atoms with Gasteiger partial charge in [-0.15, -0.1) is 5.10 Å². The van der Waals surface area contributed by atoms with Gasteiger partial charge >= 0.3 is 5.69 Å². The third-order valence-corrected chi connectivity index (χ3v) is 2.96. The van der Waals surface area contributed by atoms with Crippen LogP contribution in [0.15, 0.2) is 29.2 Å². The van der Waals surface area contributed by atoms with Crippen molar-refractivity contribution in [3.63, 3.8) is 0 Å². The van der Waals surface area contributed by atoms with E-state index in [1.165, 1.54) is 9.08 Å². The Morgan fingerprint density at radius 3 is 3.00 bits per heavy atom. The Morgan fingerprint density at radius 2 is 2.30 bits per heavy atom. The lowest BCUT2D eigenvalue weighted by Gasteiger charge is -2.06. The monoisotopic (exact) mass is 277 g/mol. The van der Waals surface area contributed by atoms with Crippen molar-refractivity contribution in [3.05, 3.63) is 34.9 Å². The molecule has 0 radical (unpaired) electrons. The Bertz CT molecular complexity index is 643. The van der Waals surface area contributed by atoms with Crippen molar-refractivity contribution in [3.8, 4) is 0 Å². The number of rotatable bonds is 6. The first kappa shape index (κ1) is 14.3. The number of fused-ring (bicyclic) bond motifs is 1. The number of aryl methyl sites for hydroxylation is 1. The molecule has 7 nitrogen and oxygen atoms in total. The third-order valence-electron chi connectivity index (χ3n) is 2.96. The predicted octanol–water partition coefficient (Wildman–Crippen LogP) is -0.260. The molecule has 3 N–H and O–H groups in total. The van der Waals surface area contributed by atoms with E-state index in [4.69, 9.17) is 5.73 Å². The zero-order valence-corrected chi connectivity index (χ0v) is 11.5. The number of nitrogens with zero attached hydrogens (tertiary/aromatic N) is 3. The summed E-state index contributed by atoms with van der Waals surface area (Å²) in [5, 5.41) is 6.93. The van der Waals surface area contributed by atoms with Crippen molar-refractivity contribution in [2.75, 3.05) is 6.54 Å². The number of carbonyl (C=O) groups is 1. The molecular weight excluding hydrogens is 258 g/mol. The lowest BCUT2D eigenvalue weighted by atomic mass is 10.2. The van der Waals surface area contributed by atoms with Crippen molar-refractivity contribution in [1.82, 2.24) is 19.5 Å². The number of carbonyl (C=O) groups excluding carboxylic acids is 1. The normalized spacial score (nSPS) is 12.5. The fourth-order valence-electron chi connectivity index (χ4n) is 1.85. The van der Waals surface area contributed by atoms with Gasteiger partial charge < -0.3 is 11.1 Å². The van der Waals surface area contributed by atoms with Gasteiger partial charge in [-0.1, -0.05) is 6.07 Å². The van der Waals surface area contributed by atoms with Crippen molar-refractivity contribution in [2.24, 2.45) is 5.73 Å². The lowest BCUT2D eigenvalue weighted by molar-refractivity contribution is -0.121. The van der Waals surface area contributed by atoms with Gasteiger partial charge in [0.25, 0.3) is 0 Å². The van der Waals surface area contributed by atoms with Gasteiger partial charge in [-0.3, -0.25) is 9.20 Å². The number of nitrogens with two attached hydrogens (primary N) is 1. The van der Waals surface area contributed by atoms with Gasteiger partial charge in [0, 0.05) is 25.2 Å². The van der Waals surface area contributed by atoms with Crippen LogP contribution in [0.5, 0.6) is 0 Å². The summed E-state index contributed by atoms with van der Waals surface area (Å²) in [6, 6.07) is 5.39. The fraction of sp³-hybridized carbons (Fsp3) is 0.462. The van der Waals surface area contributed by atoms with Crippen LogP contribution in [-0.4, -0.2) is 32.7 Å². The third kappa shape index (κ3) is 3.45. The minimum Gasteiger partial charge on any atom is -0.356 e. The SMILES string of the molecule is CC(N)CCNC(=O)CCn1nc2ccccn2c1=O. The first-order valence-electron chi connectivity index (χ1n) is 6.64. The maximum absolute atomic E-state index is 12.0.